The molecule has 0 aromatic heterocycles. The van der Waals surface area contributed by atoms with Crippen molar-refractivity contribution >= 4 is 17.9 Å². The molecule has 0 radical (unpaired) electrons. The molecule has 0 aliphatic heterocycles. The van der Waals surface area contributed by atoms with Crippen LogP contribution in [0.3, 0.4) is 0 Å². The smallest absolute Gasteiger partial charge is 0.408 e. The number of phenolic OH excluding ortho intramolecular Hbond substituents is 1. The van der Waals surface area contributed by atoms with Crippen LogP contribution in [0.1, 0.15) is 81.7 Å². The molecule has 3 N–H and O–H groups in total. The number of benzene rings is 3. The van der Waals surface area contributed by atoms with Crippen LogP contribution in [0.15, 0.2) is 78.9 Å². The number of terminal acetylenes is 1. The van der Waals surface area contributed by atoms with Crippen molar-refractivity contribution in [3.8, 4) is 18.1 Å². The van der Waals surface area contributed by atoms with Crippen molar-refractivity contribution in [2.75, 3.05) is 6.54 Å². The molecule has 2 unspecified atom stereocenters. The number of phenols is 1. The van der Waals surface area contributed by atoms with Crippen molar-refractivity contribution in [1.82, 2.24) is 15.5 Å². The van der Waals surface area contributed by atoms with Crippen LogP contribution >= 0.6 is 0 Å². The van der Waals surface area contributed by atoms with Gasteiger partial charge in [-0.25, -0.2) is 4.79 Å². The van der Waals surface area contributed by atoms with Crippen LogP contribution in [-0.2, 0) is 27.3 Å². The van der Waals surface area contributed by atoms with Crippen LogP contribution in [0.5, 0.6) is 5.75 Å². The minimum Gasteiger partial charge on any atom is -0.508 e. The minimum atomic E-state index is -1.05. The maximum absolute atomic E-state index is 14.6. The number of unbranched alkanes of at least 4 members (excludes halogenated alkanes) is 3. The highest BCUT2D eigenvalue weighted by Gasteiger charge is 2.36. The monoisotopic (exact) mass is 611 g/mol. The maximum Gasteiger partial charge on any atom is 0.408 e. The van der Waals surface area contributed by atoms with Gasteiger partial charge in [0, 0.05) is 25.1 Å². The predicted octanol–water partition coefficient (Wildman–Crippen LogP) is 6.28. The second-order valence-electron chi connectivity index (χ2n) is 12.0. The van der Waals surface area contributed by atoms with Crippen LogP contribution in [0.4, 0.5) is 4.79 Å². The average Bonchev–Trinajstić information content (AvgIpc) is 3.01. The van der Waals surface area contributed by atoms with E-state index in [2.05, 4.69) is 23.5 Å². The van der Waals surface area contributed by atoms with Crippen LogP contribution in [0, 0.1) is 12.3 Å². The van der Waals surface area contributed by atoms with E-state index in [9.17, 15) is 19.5 Å². The Labute approximate surface area is 267 Å². The summed E-state index contributed by atoms with van der Waals surface area (Å²) in [4.78, 5) is 43.2. The summed E-state index contributed by atoms with van der Waals surface area (Å²) in [7, 11) is 0. The summed E-state index contributed by atoms with van der Waals surface area (Å²) in [6, 6.07) is 21.0. The third kappa shape index (κ3) is 11.3. The molecule has 45 heavy (non-hydrogen) atoms. The largest absolute Gasteiger partial charge is 0.508 e. The molecular formula is C37H45N3O5. The van der Waals surface area contributed by atoms with Gasteiger partial charge in [-0.05, 0) is 68.1 Å². The molecule has 3 amide bonds. The van der Waals surface area contributed by atoms with Crippen molar-refractivity contribution in [3.05, 3.63) is 101 Å². The van der Waals surface area contributed by atoms with E-state index in [4.69, 9.17) is 11.2 Å². The average molecular weight is 612 g/mol. The Morgan fingerprint density at radius 1 is 0.911 bits per heavy atom. The molecule has 0 aliphatic rings. The second kappa shape index (κ2) is 16.9. The number of amides is 3. The van der Waals surface area contributed by atoms with Crippen LogP contribution in [0.25, 0.3) is 0 Å². The molecule has 3 rings (SSSR count). The number of rotatable bonds is 14. The van der Waals surface area contributed by atoms with E-state index in [-0.39, 0.29) is 24.6 Å². The lowest BCUT2D eigenvalue weighted by Gasteiger charge is -2.35. The molecule has 8 nitrogen and oxygen atoms in total. The molecule has 2 atom stereocenters. The zero-order valence-electron chi connectivity index (χ0n) is 26.7. The number of alkyl carbamates (subject to hydrolysis) is 1. The number of ether oxygens (including phenoxy) is 1. The highest BCUT2D eigenvalue weighted by atomic mass is 16.6. The van der Waals surface area contributed by atoms with E-state index in [1.807, 2.05) is 30.3 Å². The molecular weight excluding hydrogens is 566 g/mol. The Balaban J connectivity index is 2.04. The fourth-order valence-electron chi connectivity index (χ4n) is 4.91. The van der Waals surface area contributed by atoms with E-state index < -0.39 is 29.7 Å². The van der Waals surface area contributed by atoms with E-state index in [0.29, 0.717) is 24.1 Å². The number of hydrogen-bond donors (Lipinski definition) is 3. The molecule has 0 spiro atoms. The lowest BCUT2D eigenvalue weighted by molar-refractivity contribution is -0.142. The van der Waals surface area contributed by atoms with Gasteiger partial charge in [0.25, 0.3) is 0 Å². The zero-order chi connectivity index (χ0) is 32.8. The van der Waals surface area contributed by atoms with E-state index >= 15 is 0 Å². The highest BCUT2D eigenvalue weighted by molar-refractivity contribution is 5.92. The van der Waals surface area contributed by atoms with Gasteiger partial charge in [-0.3, -0.25) is 9.59 Å². The van der Waals surface area contributed by atoms with Crippen molar-refractivity contribution < 1.29 is 24.2 Å². The second-order valence-corrected chi connectivity index (χ2v) is 12.0. The Bertz CT molecular complexity index is 1420. The quantitative estimate of drug-likeness (QED) is 0.147. The highest BCUT2D eigenvalue weighted by Crippen LogP contribution is 2.25. The first-order chi connectivity index (χ1) is 21.5. The maximum atomic E-state index is 14.6. The fourth-order valence-corrected chi connectivity index (χ4v) is 4.91. The summed E-state index contributed by atoms with van der Waals surface area (Å²) in [6.45, 7) is 7.92. The van der Waals surface area contributed by atoms with Crippen molar-refractivity contribution in [2.24, 2.45) is 0 Å². The summed E-state index contributed by atoms with van der Waals surface area (Å²) in [5.41, 5.74) is 2.11. The third-order valence-corrected chi connectivity index (χ3v) is 7.16. The molecule has 0 saturated carbocycles. The first-order valence-electron chi connectivity index (χ1n) is 15.5. The van der Waals surface area contributed by atoms with Crippen LogP contribution < -0.4 is 10.6 Å². The van der Waals surface area contributed by atoms with Crippen molar-refractivity contribution in [3.63, 3.8) is 0 Å². The van der Waals surface area contributed by atoms with Gasteiger partial charge in [-0.2, -0.15) is 0 Å². The lowest BCUT2D eigenvalue weighted by Crippen LogP contribution is -2.54. The van der Waals surface area contributed by atoms with Gasteiger partial charge in [0.15, 0.2) is 0 Å². The molecule has 0 heterocycles. The molecule has 0 aliphatic carbocycles. The van der Waals surface area contributed by atoms with Gasteiger partial charge in [0.05, 0.1) is 0 Å². The standard InChI is InChI=1S/C37H45N3O5/c1-6-8-9-13-24-40(35(43)32(39-36(44)45-37(3,4)5)25-28-18-22-31(41)23-19-28)33(30-20-16-27(7-2)17-21-30)34(42)38-26-29-14-11-10-12-15-29/h2,10-12,14-23,32-33,41H,6,8-9,13,24-26H2,1,3-5H3,(H,38,42)(H,39,44). The summed E-state index contributed by atoms with van der Waals surface area (Å²) >= 11 is 0. The molecule has 8 heteroatoms. The van der Waals surface area contributed by atoms with Gasteiger partial charge in [0.2, 0.25) is 11.8 Å². The third-order valence-electron chi connectivity index (χ3n) is 7.16. The predicted molar refractivity (Wildman–Crippen MR) is 176 cm³/mol. The zero-order valence-corrected chi connectivity index (χ0v) is 26.7. The Morgan fingerprint density at radius 2 is 1.58 bits per heavy atom. The Kier molecular flexibility index (Phi) is 13.0. The summed E-state index contributed by atoms with van der Waals surface area (Å²) in [5, 5.41) is 15.6. The van der Waals surface area contributed by atoms with Crippen molar-refractivity contribution in [2.45, 2.75) is 84.0 Å². The summed E-state index contributed by atoms with van der Waals surface area (Å²) in [5.74, 6) is 1.91. The van der Waals surface area contributed by atoms with Crippen LogP contribution in [-0.4, -0.2) is 46.1 Å². The van der Waals surface area contributed by atoms with Gasteiger partial charge in [-0.1, -0.05) is 86.7 Å². The van der Waals surface area contributed by atoms with E-state index in [1.54, 1.807) is 62.1 Å². The number of carbonyl (C=O) groups excluding carboxylic acids is 3. The number of carbonyl (C=O) groups is 3. The molecule has 3 aromatic rings. The number of nitrogens with zero attached hydrogens (tertiary/aromatic N) is 1. The summed E-state index contributed by atoms with van der Waals surface area (Å²) in [6.07, 6.45) is 8.51. The number of hydrogen-bond acceptors (Lipinski definition) is 5. The number of nitrogens with one attached hydrogen (secondary N) is 2. The van der Waals surface area contributed by atoms with Gasteiger partial charge in [0.1, 0.15) is 23.4 Å². The van der Waals surface area contributed by atoms with Crippen LogP contribution in [0.2, 0.25) is 0 Å². The molecule has 0 bridgehead atoms. The van der Waals surface area contributed by atoms with E-state index in [1.165, 1.54) is 12.1 Å². The normalized spacial score (nSPS) is 12.3. The van der Waals surface area contributed by atoms with Crippen molar-refractivity contribution in [1.29, 1.82) is 0 Å². The number of aromatic hydroxyl groups is 1. The first-order valence-corrected chi connectivity index (χ1v) is 15.5. The molecule has 3 aromatic carbocycles. The van der Waals surface area contributed by atoms with Gasteiger partial charge >= 0.3 is 6.09 Å². The first kappa shape index (κ1) is 34.7. The lowest BCUT2D eigenvalue weighted by atomic mass is 9.98. The Morgan fingerprint density at radius 3 is 2.18 bits per heavy atom. The van der Waals surface area contributed by atoms with Gasteiger partial charge in [-0.15, -0.1) is 6.42 Å². The fraction of sp³-hybridized carbons (Fsp3) is 0.378. The molecule has 0 saturated heterocycles. The van der Waals surface area contributed by atoms with E-state index in [0.717, 1.165) is 30.4 Å². The van der Waals surface area contributed by atoms with Gasteiger partial charge < -0.3 is 25.4 Å². The SMILES string of the molecule is C#Cc1ccc(C(C(=O)NCc2ccccc2)N(CCCCCC)C(=O)C(Cc2ccc(O)cc2)NC(=O)OC(C)(C)C)cc1. The minimum absolute atomic E-state index is 0.0878. The topological polar surface area (TPSA) is 108 Å². The molecule has 238 valence electrons. The molecule has 0 fully saturated rings. The Hall–Kier alpha value is -4.77. The summed E-state index contributed by atoms with van der Waals surface area (Å²) < 4.78 is 5.51.